The highest BCUT2D eigenvalue weighted by molar-refractivity contribution is 9.10. The van der Waals surface area contributed by atoms with Crippen LogP contribution in [0.5, 0.6) is 0 Å². The van der Waals surface area contributed by atoms with Gasteiger partial charge in [0, 0.05) is 12.7 Å². The van der Waals surface area contributed by atoms with E-state index >= 15 is 0 Å². The molecule has 96 valence electrons. The van der Waals surface area contributed by atoms with Crippen LogP contribution in [0.15, 0.2) is 29.0 Å². The van der Waals surface area contributed by atoms with Crippen LogP contribution in [0.2, 0.25) is 0 Å². The molecule has 0 aliphatic carbocycles. The Bertz CT molecular complexity index is 474. The van der Waals surface area contributed by atoms with Crippen molar-refractivity contribution in [2.24, 2.45) is 0 Å². The molecule has 1 aromatic rings. The summed E-state index contributed by atoms with van der Waals surface area (Å²) in [6.07, 6.45) is 3.15. The minimum atomic E-state index is -4.63. The second-order valence-electron chi connectivity index (χ2n) is 3.73. The van der Waals surface area contributed by atoms with E-state index in [1.54, 1.807) is 24.5 Å². The highest BCUT2D eigenvalue weighted by Gasteiger charge is 2.43. The summed E-state index contributed by atoms with van der Waals surface area (Å²) in [5, 5.41) is -1.59. The summed E-state index contributed by atoms with van der Waals surface area (Å²) in [7, 11) is -8.50. The van der Waals surface area contributed by atoms with Gasteiger partial charge in [-0.15, -0.1) is 0 Å². The van der Waals surface area contributed by atoms with E-state index in [0.29, 0.717) is 4.47 Å². The van der Waals surface area contributed by atoms with Crippen molar-refractivity contribution in [3.63, 3.8) is 0 Å². The van der Waals surface area contributed by atoms with Gasteiger partial charge in [0.2, 0.25) is 7.37 Å². The van der Waals surface area contributed by atoms with E-state index in [1.807, 2.05) is 0 Å². The first kappa shape index (κ1) is 15.0. The molecule has 0 bridgehead atoms. The molecule has 9 heteroatoms. The van der Waals surface area contributed by atoms with Gasteiger partial charge in [-0.25, -0.2) is 4.57 Å². The molecule has 0 saturated carbocycles. The van der Waals surface area contributed by atoms with Crippen molar-refractivity contribution in [3.05, 3.63) is 29.0 Å². The Labute approximate surface area is 107 Å². The molecule has 2 atom stereocenters. The molecule has 0 aromatic carbocycles. The standard InChI is InChI=1S/C8H12BrNO5P2/c1-16(11,12)8(17(13,14)15)6-10-4-2-3-7(9)5-10/h2-5,8H,6H2,1H3,(H2-,11,12,13,14,15)/p+1. The van der Waals surface area contributed by atoms with Gasteiger partial charge in [0.1, 0.15) is 0 Å². The first-order valence-corrected chi connectivity index (χ1v) is 9.25. The highest BCUT2D eigenvalue weighted by Crippen LogP contribution is 2.60. The molecule has 1 aromatic heterocycles. The third kappa shape index (κ3) is 4.62. The first-order chi connectivity index (χ1) is 7.60. The van der Waals surface area contributed by atoms with Crippen LogP contribution in [0, 0.1) is 0 Å². The predicted molar refractivity (Wildman–Crippen MR) is 65.9 cm³/mol. The summed E-state index contributed by atoms with van der Waals surface area (Å²) in [4.78, 5) is 27.6. The molecule has 0 spiro atoms. The maximum Gasteiger partial charge on any atom is 0.344 e. The molecule has 17 heavy (non-hydrogen) atoms. The number of hydrogen-bond donors (Lipinski definition) is 3. The molecule has 3 N–H and O–H groups in total. The third-order valence-corrected chi connectivity index (χ3v) is 7.00. The van der Waals surface area contributed by atoms with Gasteiger partial charge in [-0.05, 0) is 22.0 Å². The van der Waals surface area contributed by atoms with Gasteiger partial charge in [-0.1, -0.05) is 0 Å². The quantitative estimate of drug-likeness (QED) is 0.562. The third-order valence-electron chi connectivity index (χ3n) is 2.14. The molecule has 2 unspecified atom stereocenters. The number of aromatic nitrogens is 1. The van der Waals surface area contributed by atoms with Gasteiger partial charge in [-0.3, -0.25) is 9.13 Å². The Morgan fingerprint density at radius 3 is 2.41 bits per heavy atom. The zero-order chi connectivity index (χ0) is 13.3. The van der Waals surface area contributed by atoms with E-state index in [0.717, 1.165) is 6.66 Å². The highest BCUT2D eigenvalue weighted by atomic mass is 79.9. The first-order valence-electron chi connectivity index (χ1n) is 4.60. The van der Waals surface area contributed by atoms with Crippen molar-refractivity contribution in [1.29, 1.82) is 0 Å². The predicted octanol–water partition coefficient (Wildman–Crippen LogP) is 1.14. The SMILES string of the molecule is CP(=O)(O)C(C[n+]1cccc(Br)c1)P(=O)(O)O. The van der Waals surface area contributed by atoms with E-state index in [9.17, 15) is 14.0 Å². The summed E-state index contributed by atoms with van der Waals surface area (Å²) in [6, 6.07) is 3.41. The summed E-state index contributed by atoms with van der Waals surface area (Å²) in [5.41, 5.74) is 0. The number of hydrogen-bond acceptors (Lipinski definition) is 2. The minimum absolute atomic E-state index is 0.214. The van der Waals surface area contributed by atoms with Crippen molar-refractivity contribution in [3.8, 4) is 0 Å². The van der Waals surface area contributed by atoms with Crippen LogP contribution in [0.25, 0.3) is 0 Å². The maximum atomic E-state index is 11.5. The van der Waals surface area contributed by atoms with Gasteiger partial charge < -0.3 is 14.7 Å². The Hall–Kier alpha value is -0.0300. The summed E-state index contributed by atoms with van der Waals surface area (Å²) >= 11 is 3.21. The molecule has 0 amide bonds. The number of rotatable bonds is 4. The molecule has 0 fully saturated rings. The Kier molecular flexibility index (Phi) is 4.69. The van der Waals surface area contributed by atoms with Gasteiger partial charge in [-0.2, -0.15) is 0 Å². The van der Waals surface area contributed by atoms with Gasteiger partial charge >= 0.3 is 7.60 Å². The second-order valence-corrected chi connectivity index (χ2v) is 9.37. The Balaban J connectivity index is 3.04. The molecule has 0 radical (unpaired) electrons. The normalized spacial score (nSPS) is 17.5. The molecule has 6 nitrogen and oxygen atoms in total. The smallest absolute Gasteiger partial charge is 0.344 e. The van der Waals surface area contributed by atoms with Crippen molar-refractivity contribution >= 4 is 30.9 Å². The maximum absolute atomic E-state index is 11.5. The van der Waals surface area contributed by atoms with Gasteiger partial charge in [0.25, 0.3) is 0 Å². The number of pyridine rings is 1. The van der Waals surface area contributed by atoms with E-state index in [1.165, 1.54) is 4.57 Å². The molecule has 0 aliphatic heterocycles. The van der Waals surface area contributed by atoms with E-state index in [4.69, 9.17) is 9.79 Å². The Morgan fingerprint density at radius 1 is 1.41 bits per heavy atom. The Morgan fingerprint density at radius 2 is 2.00 bits per heavy atom. The zero-order valence-corrected chi connectivity index (χ0v) is 12.3. The van der Waals surface area contributed by atoms with Crippen LogP contribution in [-0.4, -0.2) is 26.7 Å². The van der Waals surface area contributed by atoms with E-state index in [-0.39, 0.29) is 6.54 Å². The molecular formula is C8H13BrNO5P2+. The zero-order valence-electron chi connectivity index (χ0n) is 8.97. The summed E-state index contributed by atoms with van der Waals surface area (Å²) < 4.78 is 24.9. The second kappa shape index (κ2) is 5.31. The lowest BCUT2D eigenvalue weighted by Gasteiger charge is -2.18. The topological polar surface area (TPSA) is 98.7 Å². The molecular weight excluding hydrogens is 332 g/mol. The fourth-order valence-corrected chi connectivity index (χ4v) is 4.87. The lowest BCUT2D eigenvalue weighted by atomic mass is 10.5. The van der Waals surface area contributed by atoms with Crippen molar-refractivity contribution in [1.82, 2.24) is 0 Å². The fourth-order valence-electron chi connectivity index (χ4n) is 1.33. The number of nitrogens with zero attached hydrogens (tertiary/aromatic N) is 1. The van der Waals surface area contributed by atoms with E-state index in [2.05, 4.69) is 15.9 Å². The minimum Gasteiger partial charge on any atom is -0.344 e. The van der Waals surface area contributed by atoms with Crippen LogP contribution >= 0.6 is 30.9 Å². The fraction of sp³-hybridized carbons (Fsp3) is 0.375. The van der Waals surface area contributed by atoms with Crippen molar-refractivity contribution in [2.75, 3.05) is 6.66 Å². The lowest BCUT2D eigenvalue weighted by Crippen LogP contribution is -2.39. The summed E-state index contributed by atoms with van der Waals surface area (Å²) in [5.74, 6) is 0. The molecule has 1 heterocycles. The van der Waals surface area contributed by atoms with Crippen LogP contribution in [0.4, 0.5) is 0 Å². The molecule has 1 rings (SSSR count). The lowest BCUT2D eigenvalue weighted by molar-refractivity contribution is -0.695. The molecule has 0 aliphatic rings. The average Bonchev–Trinajstić information content (AvgIpc) is 2.10. The monoisotopic (exact) mass is 344 g/mol. The van der Waals surface area contributed by atoms with Gasteiger partial charge in [0.05, 0.1) is 4.47 Å². The van der Waals surface area contributed by atoms with Crippen LogP contribution in [0.1, 0.15) is 0 Å². The van der Waals surface area contributed by atoms with Crippen molar-refractivity contribution < 1.29 is 28.4 Å². The van der Waals surface area contributed by atoms with Crippen LogP contribution < -0.4 is 4.57 Å². The van der Waals surface area contributed by atoms with Crippen LogP contribution in [0.3, 0.4) is 0 Å². The summed E-state index contributed by atoms with van der Waals surface area (Å²) in [6.45, 7) is 0.739. The van der Waals surface area contributed by atoms with E-state index < -0.39 is 20.4 Å². The van der Waals surface area contributed by atoms with Gasteiger partial charge in [0.15, 0.2) is 24.3 Å². The largest absolute Gasteiger partial charge is 0.344 e. The van der Waals surface area contributed by atoms with Crippen molar-refractivity contribution in [2.45, 2.75) is 11.9 Å². The average molecular weight is 345 g/mol. The van der Waals surface area contributed by atoms with Crippen LogP contribution in [-0.2, 0) is 15.7 Å². The number of halogens is 1. The molecule has 0 saturated heterocycles.